The van der Waals surface area contributed by atoms with E-state index in [1.807, 2.05) is 21.1 Å². The van der Waals surface area contributed by atoms with Crippen LogP contribution < -0.4 is 4.89 Å². The Labute approximate surface area is 534 Å². The highest BCUT2D eigenvalue weighted by Crippen LogP contribution is 2.38. The van der Waals surface area contributed by atoms with E-state index in [9.17, 15) is 19.0 Å². The minimum absolute atomic E-state index is 0.0316. The lowest BCUT2D eigenvalue weighted by Crippen LogP contribution is -2.37. The van der Waals surface area contributed by atoms with Gasteiger partial charge in [-0.1, -0.05) is 331 Å². The van der Waals surface area contributed by atoms with E-state index in [4.69, 9.17) is 18.5 Å². The fraction of sp³-hybridized carbons (Fsp3) is 0.842. The second-order valence-electron chi connectivity index (χ2n) is 26.3. The summed E-state index contributed by atoms with van der Waals surface area (Å²) >= 11 is 0. The van der Waals surface area contributed by atoms with Crippen LogP contribution >= 0.6 is 7.82 Å². The number of allylic oxidation sites excluding steroid dienone is 10. The number of carbonyl (C=O) groups excluding carboxylic acids is 2. The lowest BCUT2D eigenvalue weighted by molar-refractivity contribution is -0.870. The van der Waals surface area contributed by atoms with Gasteiger partial charge >= 0.3 is 11.9 Å². The number of ether oxygens (including phenoxy) is 2. The summed E-state index contributed by atoms with van der Waals surface area (Å²) in [5.41, 5.74) is 0. The van der Waals surface area contributed by atoms with Gasteiger partial charge in [0.05, 0.1) is 27.7 Å². The molecule has 9 nitrogen and oxygen atoms in total. The molecule has 0 aliphatic heterocycles. The van der Waals surface area contributed by atoms with Crippen molar-refractivity contribution >= 4 is 19.8 Å². The molecule has 0 rings (SSSR count). The van der Waals surface area contributed by atoms with Gasteiger partial charge in [-0.2, -0.15) is 0 Å². The van der Waals surface area contributed by atoms with Crippen LogP contribution in [-0.2, 0) is 32.7 Å². The van der Waals surface area contributed by atoms with E-state index in [0.717, 1.165) is 70.6 Å². The highest BCUT2D eigenvalue weighted by atomic mass is 31.2. The summed E-state index contributed by atoms with van der Waals surface area (Å²) in [6, 6.07) is 0. The van der Waals surface area contributed by atoms with Gasteiger partial charge in [0.2, 0.25) is 0 Å². The number of quaternary nitrogens is 1. The number of unbranched alkanes of at least 4 members (excludes halogenated alkanes) is 45. The lowest BCUT2D eigenvalue weighted by atomic mass is 10.0. The van der Waals surface area contributed by atoms with Crippen molar-refractivity contribution in [2.45, 2.75) is 367 Å². The summed E-state index contributed by atoms with van der Waals surface area (Å²) in [5.74, 6) is -0.823. The van der Waals surface area contributed by atoms with Crippen molar-refractivity contribution in [2.24, 2.45) is 0 Å². The largest absolute Gasteiger partial charge is 0.756 e. The molecule has 0 radical (unpaired) electrons. The summed E-state index contributed by atoms with van der Waals surface area (Å²) in [6.45, 7) is 4.17. The zero-order valence-electron chi connectivity index (χ0n) is 57.5. The standard InChI is InChI=1S/C76H142NO8P/c1-6-8-10-12-14-16-18-20-22-24-26-28-30-31-32-33-34-35-36-37-38-39-40-41-42-43-44-45-47-48-50-52-54-56-58-60-62-64-66-68-75(78)82-72-74(73-84-86(80,81)83-71-70-77(3,4)5)85-76(79)69-67-65-63-61-59-57-55-53-51-49-46-29-27-25-23-21-19-17-15-13-11-9-7-2/h9,11,15,17,21,23-24,26-27,29,74H,6-8,10,12-14,16,18-20,22,25,28,30-73H2,1-5H3/b11-9-,17-15-,23-21-,26-24-,29-27-. The highest BCUT2D eigenvalue weighted by molar-refractivity contribution is 7.45. The second kappa shape index (κ2) is 67.1. The summed E-state index contributed by atoms with van der Waals surface area (Å²) in [7, 11) is 1.17. The zero-order valence-corrected chi connectivity index (χ0v) is 58.4. The molecule has 0 aliphatic rings. The first-order valence-electron chi connectivity index (χ1n) is 37.0. The molecule has 0 aliphatic carbocycles. The fourth-order valence-electron chi connectivity index (χ4n) is 10.9. The van der Waals surface area contributed by atoms with Gasteiger partial charge in [0.1, 0.15) is 19.8 Å². The Balaban J connectivity index is 3.91. The van der Waals surface area contributed by atoms with E-state index in [0.29, 0.717) is 17.4 Å². The third kappa shape index (κ3) is 70.8. The van der Waals surface area contributed by atoms with E-state index < -0.39 is 26.5 Å². The maximum absolute atomic E-state index is 12.9. The van der Waals surface area contributed by atoms with Crippen molar-refractivity contribution in [3.63, 3.8) is 0 Å². The second-order valence-corrected chi connectivity index (χ2v) is 27.7. The Morgan fingerprint density at radius 3 is 1.00 bits per heavy atom. The lowest BCUT2D eigenvalue weighted by Gasteiger charge is -2.28. The molecule has 0 bridgehead atoms. The Morgan fingerprint density at radius 2 is 0.663 bits per heavy atom. The molecule has 2 atom stereocenters. The number of esters is 2. The Morgan fingerprint density at radius 1 is 0.372 bits per heavy atom. The van der Waals surface area contributed by atoms with Crippen LogP contribution in [-0.4, -0.2) is 70.0 Å². The van der Waals surface area contributed by atoms with Crippen LogP contribution in [0, 0.1) is 0 Å². The molecule has 504 valence electrons. The van der Waals surface area contributed by atoms with Crippen molar-refractivity contribution in [3.8, 4) is 0 Å². The molecule has 0 spiro atoms. The third-order valence-electron chi connectivity index (χ3n) is 16.5. The van der Waals surface area contributed by atoms with Crippen molar-refractivity contribution in [1.82, 2.24) is 0 Å². The van der Waals surface area contributed by atoms with Gasteiger partial charge in [-0.05, 0) is 77.0 Å². The number of likely N-dealkylation sites (N-methyl/N-ethyl adjacent to an activating group) is 1. The molecule has 0 aromatic rings. The molecule has 0 aromatic heterocycles. The maximum atomic E-state index is 12.9. The first-order valence-corrected chi connectivity index (χ1v) is 38.5. The van der Waals surface area contributed by atoms with Gasteiger partial charge in [-0.15, -0.1) is 0 Å². The first kappa shape index (κ1) is 83.7. The highest BCUT2D eigenvalue weighted by Gasteiger charge is 2.22. The van der Waals surface area contributed by atoms with Crippen LogP contribution in [0.2, 0.25) is 0 Å². The molecular weight excluding hydrogens is 1090 g/mol. The summed E-state index contributed by atoms with van der Waals surface area (Å²) in [6.07, 6.45) is 89.1. The summed E-state index contributed by atoms with van der Waals surface area (Å²) in [5, 5.41) is 0. The van der Waals surface area contributed by atoms with E-state index in [1.54, 1.807) is 0 Å². The third-order valence-corrected chi connectivity index (χ3v) is 17.5. The van der Waals surface area contributed by atoms with Crippen LogP contribution in [0.1, 0.15) is 361 Å². The number of nitrogens with zero attached hydrogens (tertiary/aromatic N) is 1. The monoisotopic (exact) mass is 1230 g/mol. The average molecular weight is 1230 g/mol. The van der Waals surface area contributed by atoms with Gasteiger partial charge < -0.3 is 27.9 Å². The van der Waals surface area contributed by atoms with Crippen molar-refractivity contribution in [2.75, 3.05) is 47.5 Å². The van der Waals surface area contributed by atoms with E-state index >= 15 is 0 Å². The van der Waals surface area contributed by atoms with Gasteiger partial charge in [0, 0.05) is 12.8 Å². The molecular formula is C76H142NO8P. The van der Waals surface area contributed by atoms with Gasteiger partial charge in [-0.25, -0.2) is 0 Å². The van der Waals surface area contributed by atoms with Gasteiger partial charge in [0.25, 0.3) is 7.82 Å². The van der Waals surface area contributed by atoms with Gasteiger partial charge in [-0.3, -0.25) is 14.2 Å². The summed E-state index contributed by atoms with van der Waals surface area (Å²) < 4.78 is 34.3. The van der Waals surface area contributed by atoms with E-state index in [1.165, 1.54) is 257 Å². The van der Waals surface area contributed by atoms with E-state index in [-0.39, 0.29) is 32.0 Å². The van der Waals surface area contributed by atoms with Crippen LogP contribution in [0.15, 0.2) is 60.8 Å². The topological polar surface area (TPSA) is 111 Å². The van der Waals surface area contributed by atoms with Crippen molar-refractivity contribution in [3.05, 3.63) is 60.8 Å². The molecule has 0 heterocycles. The van der Waals surface area contributed by atoms with Crippen molar-refractivity contribution < 1.29 is 42.1 Å². The smallest absolute Gasteiger partial charge is 0.306 e. The van der Waals surface area contributed by atoms with Crippen molar-refractivity contribution in [1.29, 1.82) is 0 Å². The Bertz CT molecular complexity index is 1630. The maximum Gasteiger partial charge on any atom is 0.306 e. The SMILES string of the molecule is CC/C=C\C/C=C\C/C=C\C/C=C\CCCCCCCCCCCCC(=O)OC(COC(=O)CCCCCCCCCCCCCCCCCCCCCCCCCCCCC/C=C\CCCCCCCCCC)COP(=O)([O-])OCC[N+](C)(C)C. The molecule has 2 unspecified atom stereocenters. The predicted octanol–water partition coefficient (Wildman–Crippen LogP) is 23.5. The number of carbonyl (C=O) groups is 2. The van der Waals surface area contributed by atoms with Crippen LogP contribution in [0.4, 0.5) is 0 Å². The Kier molecular flexibility index (Phi) is 65.3. The molecule has 0 amide bonds. The van der Waals surface area contributed by atoms with Crippen LogP contribution in [0.3, 0.4) is 0 Å². The molecule has 0 saturated carbocycles. The fourth-order valence-corrected chi connectivity index (χ4v) is 11.6. The number of rotatable bonds is 69. The summed E-state index contributed by atoms with van der Waals surface area (Å²) in [4.78, 5) is 38.1. The minimum Gasteiger partial charge on any atom is -0.756 e. The number of phosphoric ester groups is 1. The first-order chi connectivity index (χ1) is 42.0. The molecule has 0 saturated heterocycles. The van der Waals surface area contributed by atoms with E-state index in [2.05, 4.69) is 74.6 Å². The molecule has 86 heavy (non-hydrogen) atoms. The number of hydrogen-bond donors (Lipinski definition) is 0. The predicted molar refractivity (Wildman–Crippen MR) is 370 cm³/mol. The van der Waals surface area contributed by atoms with Gasteiger partial charge in [0.15, 0.2) is 6.10 Å². The molecule has 10 heteroatoms. The Hall–Kier alpha value is -2.29. The zero-order chi connectivity index (χ0) is 62.6. The molecule has 0 fully saturated rings. The number of hydrogen-bond acceptors (Lipinski definition) is 8. The minimum atomic E-state index is -4.64. The van der Waals surface area contributed by atoms with Crippen LogP contribution in [0.5, 0.6) is 0 Å². The van der Waals surface area contributed by atoms with Crippen LogP contribution in [0.25, 0.3) is 0 Å². The number of phosphoric acid groups is 1. The quantitative estimate of drug-likeness (QED) is 0.0195. The molecule has 0 aromatic carbocycles. The average Bonchev–Trinajstić information content (AvgIpc) is 3.56. The normalized spacial score (nSPS) is 13.4. The molecule has 0 N–H and O–H groups in total.